The predicted octanol–water partition coefficient (Wildman–Crippen LogP) is 4.10. The van der Waals surface area contributed by atoms with E-state index in [1.807, 2.05) is 12.1 Å². The molecule has 2 aromatic rings. The zero-order valence-electron chi connectivity index (χ0n) is 11.9. The standard InChI is InChI=1S/C18H19F2N/c19-16-7-1-4-13(10-16)18(15-6-3-9-21-12-15)14-5-2-8-17(20)11-14/h1-2,4-5,7-8,10-11,15,18,21H,3,6,9,12H2. The Labute approximate surface area is 124 Å². The largest absolute Gasteiger partial charge is 0.316 e. The van der Waals surface area contributed by atoms with E-state index in [0.717, 1.165) is 37.1 Å². The van der Waals surface area contributed by atoms with Gasteiger partial charge in [0.15, 0.2) is 0 Å². The summed E-state index contributed by atoms with van der Waals surface area (Å²) in [7, 11) is 0. The van der Waals surface area contributed by atoms with Crippen LogP contribution in [0.25, 0.3) is 0 Å². The van der Waals surface area contributed by atoms with Gasteiger partial charge in [-0.3, -0.25) is 0 Å². The molecular weight excluding hydrogens is 268 g/mol. The van der Waals surface area contributed by atoms with Crippen molar-refractivity contribution in [3.63, 3.8) is 0 Å². The summed E-state index contributed by atoms with van der Waals surface area (Å²) < 4.78 is 27.2. The molecule has 0 aliphatic carbocycles. The average molecular weight is 287 g/mol. The number of hydrogen-bond donors (Lipinski definition) is 1. The minimum Gasteiger partial charge on any atom is -0.316 e. The lowest BCUT2D eigenvalue weighted by Gasteiger charge is -2.31. The molecule has 3 heteroatoms. The van der Waals surface area contributed by atoms with E-state index in [4.69, 9.17) is 0 Å². The molecule has 1 N–H and O–H groups in total. The lowest BCUT2D eigenvalue weighted by atomic mass is 9.77. The molecule has 2 aromatic carbocycles. The van der Waals surface area contributed by atoms with Gasteiger partial charge in [-0.1, -0.05) is 24.3 Å². The van der Waals surface area contributed by atoms with Gasteiger partial charge in [0.2, 0.25) is 0 Å². The third-order valence-corrected chi connectivity index (χ3v) is 4.22. The zero-order chi connectivity index (χ0) is 14.7. The van der Waals surface area contributed by atoms with E-state index in [1.165, 1.54) is 12.1 Å². The molecule has 0 aromatic heterocycles. The highest BCUT2D eigenvalue weighted by atomic mass is 19.1. The number of rotatable bonds is 3. The quantitative estimate of drug-likeness (QED) is 0.896. The van der Waals surface area contributed by atoms with Crippen LogP contribution in [0.1, 0.15) is 29.9 Å². The van der Waals surface area contributed by atoms with Crippen LogP contribution < -0.4 is 5.32 Å². The SMILES string of the molecule is Fc1cccc(C(c2cccc(F)c2)C2CCCNC2)c1. The Morgan fingerprint density at radius 3 is 2.05 bits per heavy atom. The maximum absolute atomic E-state index is 13.6. The first kappa shape index (κ1) is 14.2. The van der Waals surface area contributed by atoms with Crippen molar-refractivity contribution in [3.8, 4) is 0 Å². The summed E-state index contributed by atoms with van der Waals surface area (Å²) in [6, 6.07) is 13.4. The highest BCUT2D eigenvalue weighted by molar-refractivity contribution is 5.34. The van der Waals surface area contributed by atoms with E-state index >= 15 is 0 Å². The normalized spacial score (nSPS) is 18.9. The summed E-state index contributed by atoms with van der Waals surface area (Å²) in [4.78, 5) is 0. The van der Waals surface area contributed by atoms with E-state index in [-0.39, 0.29) is 17.6 Å². The van der Waals surface area contributed by atoms with Gasteiger partial charge in [0, 0.05) is 5.92 Å². The summed E-state index contributed by atoms with van der Waals surface area (Å²) in [6.45, 7) is 1.91. The van der Waals surface area contributed by atoms with Gasteiger partial charge in [0.25, 0.3) is 0 Å². The molecule has 3 rings (SSSR count). The molecule has 1 atom stereocenters. The van der Waals surface area contributed by atoms with Gasteiger partial charge in [-0.25, -0.2) is 8.78 Å². The van der Waals surface area contributed by atoms with Gasteiger partial charge in [-0.05, 0) is 67.2 Å². The van der Waals surface area contributed by atoms with Crippen molar-refractivity contribution < 1.29 is 8.78 Å². The topological polar surface area (TPSA) is 12.0 Å². The van der Waals surface area contributed by atoms with E-state index in [1.54, 1.807) is 24.3 Å². The van der Waals surface area contributed by atoms with Crippen LogP contribution >= 0.6 is 0 Å². The highest BCUT2D eigenvalue weighted by Gasteiger charge is 2.27. The average Bonchev–Trinajstić information content (AvgIpc) is 2.49. The first-order valence-corrected chi connectivity index (χ1v) is 7.45. The summed E-state index contributed by atoms with van der Waals surface area (Å²) in [6.07, 6.45) is 2.18. The van der Waals surface area contributed by atoms with E-state index in [9.17, 15) is 8.78 Å². The second kappa shape index (κ2) is 6.35. The van der Waals surface area contributed by atoms with Crippen LogP contribution in [0.5, 0.6) is 0 Å². The van der Waals surface area contributed by atoms with Gasteiger partial charge < -0.3 is 5.32 Å². The van der Waals surface area contributed by atoms with Crippen molar-refractivity contribution in [3.05, 3.63) is 71.3 Å². The summed E-state index contributed by atoms with van der Waals surface area (Å²) >= 11 is 0. The van der Waals surface area contributed by atoms with E-state index < -0.39 is 0 Å². The first-order chi connectivity index (χ1) is 10.2. The molecule has 1 unspecified atom stereocenters. The molecule has 0 saturated carbocycles. The fourth-order valence-corrected chi connectivity index (χ4v) is 3.30. The van der Waals surface area contributed by atoms with Crippen LogP contribution in [-0.2, 0) is 0 Å². The van der Waals surface area contributed by atoms with Crippen molar-refractivity contribution in [2.75, 3.05) is 13.1 Å². The Kier molecular flexibility index (Phi) is 4.30. The van der Waals surface area contributed by atoms with Crippen LogP contribution in [0, 0.1) is 17.6 Å². The molecule has 1 heterocycles. The summed E-state index contributed by atoms with van der Waals surface area (Å²) in [5.41, 5.74) is 1.85. The number of benzene rings is 2. The molecule has 21 heavy (non-hydrogen) atoms. The van der Waals surface area contributed by atoms with Crippen molar-refractivity contribution in [1.82, 2.24) is 5.32 Å². The maximum Gasteiger partial charge on any atom is 0.123 e. The van der Waals surface area contributed by atoms with Crippen molar-refractivity contribution in [2.24, 2.45) is 5.92 Å². The molecular formula is C18H19F2N. The van der Waals surface area contributed by atoms with E-state index in [0.29, 0.717) is 5.92 Å². The van der Waals surface area contributed by atoms with Gasteiger partial charge in [-0.2, -0.15) is 0 Å². The number of nitrogens with one attached hydrogen (secondary N) is 1. The Morgan fingerprint density at radius 1 is 0.952 bits per heavy atom. The van der Waals surface area contributed by atoms with Crippen LogP contribution in [0.15, 0.2) is 48.5 Å². The first-order valence-electron chi connectivity index (χ1n) is 7.45. The molecule has 1 aliphatic rings. The fraction of sp³-hybridized carbons (Fsp3) is 0.333. The zero-order valence-corrected chi connectivity index (χ0v) is 11.9. The summed E-state index contributed by atoms with van der Waals surface area (Å²) in [5, 5.41) is 3.40. The fourth-order valence-electron chi connectivity index (χ4n) is 3.30. The second-order valence-corrected chi connectivity index (χ2v) is 5.69. The molecule has 1 saturated heterocycles. The lowest BCUT2D eigenvalue weighted by molar-refractivity contribution is 0.345. The highest BCUT2D eigenvalue weighted by Crippen LogP contribution is 2.36. The molecule has 1 nitrogen and oxygen atoms in total. The monoisotopic (exact) mass is 287 g/mol. The molecule has 0 amide bonds. The van der Waals surface area contributed by atoms with Gasteiger partial charge in [0.05, 0.1) is 0 Å². The van der Waals surface area contributed by atoms with Crippen LogP contribution in [0.2, 0.25) is 0 Å². The van der Waals surface area contributed by atoms with Gasteiger partial charge in [0.1, 0.15) is 11.6 Å². The Hall–Kier alpha value is -1.74. The number of hydrogen-bond acceptors (Lipinski definition) is 1. The minimum absolute atomic E-state index is 0.0317. The molecule has 1 fully saturated rings. The summed E-state index contributed by atoms with van der Waals surface area (Å²) in [5.74, 6) is -0.0816. The molecule has 0 bridgehead atoms. The third-order valence-electron chi connectivity index (χ3n) is 4.22. The van der Waals surface area contributed by atoms with Gasteiger partial charge in [-0.15, -0.1) is 0 Å². The Morgan fingerprint density at radius 2 is 1.57 bits per heavy atom. The van der Waals surface area contributed by atoms with Crippen LogP contribution in [0.3, 0.4) is 0 Å². The predicted molar refractivity (Wildman–Crippen MR) is 80.2 cm³/mol. The van der Waals surface area contributed by atoms with Crippen molar-refractivity contribution in [2.45, 2.75) is 18.8 Å². The molecule has 0 radical (unpaired) electrons. The molecule has 110 valence electrons. The molecule has 0 spiro atoms. The van der Waals surface area contributed by atoms with Crippen molar-refractivity contribution in [1.29, 1.82) is 0 Å². The second-order valence-electron chi connectivity index (χ2n) is 5.69. The maximum atomic E-state index is 13.6. The smallest absolute Gasteiger partial charge is 0.123 e. The van der Waals surface area contributed by atoms with E-state index in [2.05, 4.69) is 5.32 Å². The number of piperidine rings is 1. The van der Waals surface area contributed by atoms with Crippen LogP contribution in [-0.4, -0.2) is 13.1 Å². The van der Waals surface area contributed by atoms with Crippen LogP contribution in [0.4, 0.5) is 8.78 Å². The van der Waals surface area contributed by atoms with Gasteiger partial charge >= 0.3 is 0 Å². The third kappa shape index (κ3) is 3.30. The Balaban J connectivity index is 2.01. The molecule has 1 aliphatic heterocycles. The number of halogens is 2. The Bertz CT molecular complexity index is 560. The minimum atomic E-state index is -0.238. The van der Waals surface area contributed by atoms with Crippen molar-refractivity contribution >= 4 is 0 Å². The lowest BCUT2D eigenvalue weighted by Crippen LogP contribution is -2.33.